The van der Waals surface area contributed by atoms with Gasteiger partial charge in [0.1, 0.15) is 0 Å². The molecule has 0 aromatic heterocycles. The van der Waals surface area contributed by atoms with Crippen LogP contribution >= 0.6 is 0 Å². The minimum absolute atomic E-state index is 0.276. The van der Waals surface area contributed by atoms with E-state index in [-0.39, 0.29) is 12.6 Å². The van der Waals surface area contributed by atoms with E-state index < -0.39 is 32.4 Å². The van der Waals surface area contributed by atoms with Gasteiger partial charge in [-0.2, -0.15) is 0 Å². The Morgan fingerprint density at radius 2 is 1.32 bits per heavy atom. The zero-order chi connectivity index (χ0) is 19.1. The van der Waals surface area contributed by atoms with Crippen LogP contribution in [0.2, 0.25) is 0 Å². The summed E-state index contributed by atoms with van der Waals surface area (Å²) >= 11 is -6.17. The van der Waals surface area contributed by atoms with Crippen molar-refractivity contribution >= 4 is 10.1 Å². The third kappa shape index (κ3) is 3.56. The number of hydrogen-bond donors (Lipinski definition) is 1. The molecule has 3 nitrogen and oxygen atoms in total. The summed E-state index contributed by atoms with van der Waals surface area (Å²) in [7, 11) is -5.92. The molecule has 25 heavy (non-hydrogen) atoms. The molecule has 0 fully saturated rings. The van der Waals surface area contributed by atoms with Gasteiger partial charge in [-0.1, -0.05) is 0 Å². The normalized spacial score (nSPS) is 16.9. The molecular formula is C17H19F3IO3S-. The summed E-state index contributed by atoms with van der Waals surface area (Å²) in [5, 5.41) is 0. The summed E-state index contributed by atoms with van der Waals surface area (Å²) in [4.78, 5) is 0. The van der Waals surface area contributed by atoms with Crippen molar-refractivity contribution in [3.8, 4) is 0 Å². The predicted octanol–water partition coefficient (Wildman–Crippen LogP) is 1.51. The van der Waals surface area contributed by atoms with Gasteiger partial charge < -0.3 is 0 Å². The van der Waals surface area contributed by atoms with Gasteiger partial charge in [0.15, 0.2) is 0 Å². The second-order valence-electron chi connectivity index (χ2n) is 6.47. The van der Waals surface area contributed by atoms with Crippen molar-refractivity contribution in [2.24, 2.45) is 0 Å². The van der Waals surface area contributed by atoms with Crippen molar-refractivity contribution in [2.75, 3.05) is 0 Å². The number of benzene rings is 2. The Morgan fingerprint density at radius 1 is 0.880 bits per heavy atom. The maximum atomic E-state index is 15.8. The van der Waals surface area contributed by atoms with Crippen LogP contribution in [0.1, 0.15) is 26.3 Å². The van der Waals surface area contributed by atoms with Crippen LogP contribution < -0.4 is 19.0 Å². The molecule has 1 atom stereocenters. The van der Waals surface area contributed by atoms with E-state index in [9.17, 15) is 17.2 Å². The summed E-state index contributed by atoms with van der Waals surface area (Å²) in [6.07, 6.45) is 0. The molecule has 0 heterocycles. The molecule has 2 aromatic rings. The molecule has 1 unspecified atom stereocenters. The molecule has 0 amide bonds. The third-order valence-corrected chi connectivity index (χ3v) is 13.9. The van der Waals surface area contributed by atoms with Gasteiger partial charge in [-0.25, -0.2) is 0 Å². The number of halogens is 4. The zero-order valence-corrected chi connectivity index (χ0v) is 16.9. The summed E-state index contributed by atoms with van der Waals surface area (Å²) < 4.78 is 70.9. The molecule has 0 aliphatic rings. The Morgan fingerprint density at radius 3 is 1.72 bits per heavy atom. The van der Waals surface area contributed by atoms with Crippen molar-refractivity contribution < 1.29 is 43.6 Å². The quantitative estimate of drug-likeness (QED) is 0.405. The Hall–Kier alpha value is -1.13. The van der Waals surface area contributed by atoms with Crippen molar-refractivity contribution in [1.82, 2.24) is 0 Å². The van der Waals surface area contributed by atoms with Crippen LogP contribution in [0.3, 0.4) is 0 Å². The van der Waals surface area contributed by atoms with Crippen LogP contribution in [0.15, 0.2) is 54.6 Å². The van der Waals surface area contributed by atoms with Gasteiger partial charge in [0.05, 0.1) is 0 Å². The minimum atomic E-state index is -6.17. The monoisotopic (exact) mass is 487 g/mol. The van der Waals surface area contributed by atoms with Gasteiger partial charge in [-0.15, -0.1) is 0 Å². The van der Waals surface area contributed by atoms with Crippen LogP contribution in [0.25, 0.3) is 0 Å². The van der Waals surface area contributed by atoms with E-state index in [1.165, 1.54) is 42.5 Å². The Labute approximate surface area is 150 Å². The average molecular weight is 487 g/mol. The predicted molar refractivity (Wildman–Crippen MR) is 86.6 cm³/mol. The Bertz CT molecular complexity index is 847. The van der Waals surface area contributed by atoms with Crippen molar-refractivity contribution in [3.05, 3.63) is 67.3 Å². The van der Waals surface area contributed by atoms with Gasteiger partial charge in [0.2, 0.25) is 0 Å². The average Bonchev–Trinajstić information content (AvgIpc) is 2.53. The standard InChI is InChI=1S/C17H19F3IO3S/c1-16(2,3)13-9-11-15(12-10-13)21(20,14-7-5-4-6-8-14)17(18,19)25(22,23)24/h4-12H,1-3H3,(H,22,23,24)/q-1. The second-order valence-corrected chi connectivity index (χ2v) is 15.4. The van der Waals surface area contributed by atoms with Gasteiger partial charge in [0.25, 0.3) is 0 Å². The Kier molecular flexibility index (Phi) is 5.29. The summed E-state index contributed by atoms with van der Waals surface area (Å²) in [5.74, 6) is 0. The fourth-order valence-electron chi connectivity index (χ4n) is 2.23. The van der Waals surface area contributed by atoms with E-state index >= 15 is 2.86 Å². The molecule has 0 aliphatic carbocycles. The number of alkyl halides is 3. The van der Waals surface area contributed by atoms with E-state index in [1.807, 2.05) is 20.8 Å². The zero-order valence-electron chi connectivity index (χ0n) is 13.9. The van der Waals surface area contributed by atoms with Crippen LogP contribution in [0.5, 0.6) is 0 Å². The van der Waals surface area contributed by atoms with Crippen molar-refractivity contribution in [3.63, 3.8) is 0 Å². The third-order valence-electron chi connectivity index (χ3n) is 3.64. The first-order valence-electron chi connectivity index (χ1n) is 7.29. The summed E-state index contributed by atoms with van der Waals surface area (Å²) in [6.45, 7) is 5.74. The molecule has 140 valence electrons. The molecule has 0 saturated heterocycles. The van der Waals surface area contributed by atoms with Crippen LogP contribution in [-0.4, -0.2) is 16.2 Å². The van der Waals surface area contributed by atoms with E-state index in [0.717, 1.165) is 17.7 Å². The van der Waals surface area contributed by atoms with Gasteiger partial charge in [-0.05, 0) is 0 Å². The van der Waals surface area contributed by atoms with E-state index in [4.69, 9.17) is 4.55 Å². The molecule has 0 aliphatic heterocycles. The van der Waals surface area contributed by atoms with E-state index in [1.54, 1.807) is 0 Å². The van der Waals surface area contributed by atoms with Gasteiger partial charge >= 0.3 is 150 Å². The first-order chi connectivity index (χ1) is 11.3. The molecular weight excluding hydrogens is 468 g/mol. The molecule has 8 heteroatoms. The molecule has 1 N–H and O–H groups in total. The molecule has 2 aromatic carbocycles. The van der Waals surface area contributed by atoms with E-state index in [2.05, 4.69) is 0 Å². The van der Waals surface area contributed by atoms with Crippen LogP contribution in [0.4, 0.5) is 11.6 Å². The number of hydrogen-bond acceptors (Lipinski definition) is 2. The molecule has 0 spiro atoms. The van der Waals surface area contributed by atoms with Gasteiger partial charge in [0, 0.05) is 0 Å². The van der Waals surface area contributed by atoms with E-state index in [0.29, 0.717) is 0 Å². The first kappa shape index (κ1) is 20.2. The topological polar surface area (TPSA) is 54.4 Å². The van der Waals surface area contributed by atoms with Crippen molar-refractivity contribution in [1.29, 1.82) is 0 Å². The van der Waals surface area contributed by atoms with Crippen LogP contribution in [0, 0.1) is 7.14 Å². The molecule has 0 radical (unpaired) electrons. The van der Waals surface area contributed by atoms with Crippen molar-refractivity contribution in [2.45, 2.75) is 29.4 Å². The SMILES string of the molecule is CC(C)(C)c1ccc([I-](F)(c2ccccc2)C(F)(F)S(=O)(=O)O)cc1. The van der Waals surface area contributed by atoms with Crippen LogP contribution in [-0.2, 0) is 15.5 Å². The molecule has 0 bridgehead atoms. The Balaban J connectivity index is 2.73. The summed E-state index contributed by atoms with van der Waals surface area (Å²) in [6, 6.07) is 11.9. The molecule has 0 saturated carbocycles. The number of rotatable bonds is 4. The summed E-state index contributed by atoms with van der Waals surface area (Å²) in [5.41, 5.74) is 0.519. The van der Waals surface area contributed by atoms with Gasteiger partial charge in [-0.3, -0.25) is 0 Å². The molecule has 2 rings (SSSR count). The first-order valence-corrected chi connectivity index (χ1v) is 12.8. The fourth-order valence-corrected chi connectivity index (χ4v) is 10.9. The fraction of sp³-hybridized carbons (Fsp3) is 0.294. The maximum absolute atomic E-state index is 15.8. The second kappa shape index (κ2) is 6.55.